The zero-order chi connectivity index (χ0) is 10.1. The third kappa shape index (κ3) is 2.92. The van der Waals surface area contributed by atoms with Crippen LogP contribution >= 0.6 is 11.9 Å². The van der Waals surface area contributed by atoms with Crippen molar-refractivity contribution in [3.8, 4) is 0 Å². The number of hydrogen-bond donors (Lipinski definition) is 1. The van der Waals surface area contributed by atoms with Crippen LogP contribution in [-0.4, -0.2) is 16.4 Å². The Labute approximate surface area is 84.3 Å². The number of nitrogens with one attached hydrogen (secondary N) is 1. The van der Waals surface area contributed by atoms with Crippen molar-refractivity contribution < 1.29 is 0 Å². The monoisotopic (exact) mass is 196 g/mol. The van der Waals surface area contributed by atoms with Crippen molar-refractivity contribution in [2.75, 3.05) is 5.88 Å². The summed E-state index contributed by atoms with van der Waals surface area (Å²) in [5.41, 5.74) is 2.05. The van der Waals surface area contributed by atoms with Gasteiger partial charge in [0.15, 0.2) is 0 Å². The Kier molecular flexibility index (Phi) is 2.86. The van der Waals surface area contributed by atoms with Crippen molar-refractivity contribution in [2.24, 2.45) is 5.41 Å². The van der Waals surface area contributed by atoms with Crippen molar-refractivity contribution in [2.45, 2.75) is 20.8 Å². The third-order valence-corrected chi connectivity index (χ3v) is 2.67. The highest BCUT2D eigenvalue weighted by Gasteiger charge is 2.21. The second-order valence-corrected chi connectivity index (χ2v) is 5.08. The summed E-state index contributed by atoms with van der Waals surface area (Å²) in [4.78, 5) is 0. The van der Waals surface area contributed by atoms with Crippen LogP contribution in [0.4, 0.5) is 0 Å². The summed E-state index contributed by atoms with van der Waals surface area (Å²) in [5, 5.41) is 7.31. The molecule has 72 valence electrons. The Hall–Kier alpha value is -0.700. The first kappa shape index (κ1) is 10.4. The molecule has 1 heterocycles. The summed E-state index contributed by atoms with van der Waals surface area (Å²) < 4.78 is 2.11. The average Bonchev–Trinajstić information content (AvgIpc) is 2.78. The molecule has 0 bridgehead atoms. The number of rotatable bonds is 3. The molecule has 0 unspecified atom stereocenters. The molecule has 0 amide bonds. The van der Waals surface area contributed by atoms with Gasteiger partial charge in [-0.15, -0.1) is 0 Å². The number of allylic oxidation sites excluding steroid dienone is 2. The summed E-state index contributed by atoms with van der Waals surface area (Å²) in [5.74, 6) is 1.03. The predicted molar refractivity (Wildman–Crippen MR) is 59.8 cm³/mol. The van der Waals surface area contributed by atoms with Gasteiger partial charge in [-0.05, 0) is 29.0 Å². The van der Waals surface area contributed by atoms with Crippen LogP contribution in [0, 0.1) is 10.8 Å². The molecule has 1 saturated heterocycles. The Morgan fingerprint density at radius 1 is 1.54 bits per heavy atom. The fraction of sp³-hybridized carbons (Fsp3) is 0.500. The van der Waals surface area contributed by atoms with E-state index < -0.39 is 0 Å². The summed E-state index contributed by atoms with van der Waals surface area (Å²) in [7, 11) is 0. The average molecular weight is 196 g/mol. The van der Waals surface area contributed by atoms with Gasteiger partial charge in [0.1, 0.15) is 0 Å². The summed E-state index contributed by atoms with van der Waals surface area (Å²) >= 11 is 1.75. The van der Waals surface area contributed by atoms with Crippen molar-refractivity contribution >= 4 is 18.2 Å². The van der Waals surface area contributed by atoms with E-state index in [1.54, 1.807) is 11.9 Å². The molecule has 2 nitrogen and oxygen atoms in total. The van der Waals surface area contributed by atoms with E-state index in [2.05, 4.69) is 31.7 Å². The SMILES string of the molecule is C=C(/C=C(\C=N)C(C)(C)C)N1CS1. The minimum atomic E-state index is 0.0331. The van der Waals surface area contributed by atoms with Gasteiger partial charge in [0.2, 0.25) is 0 Å². The lowest BCUT2D eigenvalue weighted by molar-refractivity contribution is 0.524. The molecule has 0 saturated carbocycles. The summed E-state index contributed by atoms with van der Waals surface area (Å²) in [6, 6.07) is 0. The van der Waals surface area contributed by atoms with Crippen molar-refractivity contribution in [3.63, 3.8) is 0 Å². The first-order valence-corrected chi connectivity index (χ1v) is 5.21. The van der Waals surface area contributed by atoms with Crippen LogP contribution in [0.2, 0.25) is 0 Å². The van der Waals surface area contributed by atoms with Crippen molar-refractivity contribution in [1.82, 2.24) is 4.31 Å². The fourth-order valence-electron chi connectivity index (χ4n) is 0.921. The molecule has 0 atom stereocenters. The molecule has 1 rings (SSSR count). The zero-order valence-corrected chi connectivity index (χ0v) is 9.24. The molecule has 0 aromatic carbocycles. The Bertz CT molecular complexity index is 257. The quantitative estimate of drug-likeness (QED) is 0.325. The molecule has 1 fully saturated rings. The van der Waals surface area contributed by atoms with Gasteiger partial charge in [-0.25, -0.2) is 0 Å². The highest BCUT2D eigenvalue weighted by atomic mass is 32.2. The van der Waals surface area contributed by atoms with Gasteiger partial charge in [-0.1, -0.05) is 27.4 Å². The smallest absolute Gasteiger partial charge is 0.0950 e. The van der Waals surface area contributed by atoms with Crippen LogP contribution in [0.3, 0.4) is 0 Å². The van der Waals surface area contributed by atoms with Gasteiger partial charge < -0.3 is 9.71 Å². The number of nitrogens with zero attached hydrogens (tertiary/aromatic N) is 1. The molecular weight excluding hydrogens is 180 g/mol. The zero-order valence-electron chi connectivity index (χ0n) is 8.42. The molecule has 3 heteroatoms. The van der Waals surface area contributed by atoms with E-state index in [0.717, 1.165) is 17.1 Å². The Morgan fingerprint density at radius 2 is 2.08 bits per heavy atom. The second kappa shape index (κ2) is 3.58. The van der Waals surface area contributed by atoms with Gasteiger partial charge in [0.25, 0.3) is 0 Å². The largest absolute Gasteiger partial charge is 0.308 e. The van der Waals surface area contributed by atoms with Crippen molar-refractivity contribution in [1.29, 1.82) is 5.41 Å². The molecule has 13 heavy (non-hydrogen) atoms. The lowest BCUT2D eigenvalue weighted by Crippen LogP contribution is -2.11. The highest BCUT2D eigenvalue weighted by molar-refractivity contribution is 8.03. The van der Waals surface area contributed by atoms with E-state index in [4.69, 9.17) is 5.41 Å². The van der Waals surface area contributed by atoms with Gasteiger partial charge in [0, 0.05) is 11.9 Å². The second-order valence-electron chi connectivity index (χ2n) is 4.12. The number of hydrogen-bond acceptors (Lipinski definition) is 3. The van der Waals surface area contributed by atoms with Crippen LogP contribution in [0.25, 0.3) is 0 Å². The summed E-state index contributed by atoms with van der Waals surface area (Å²) in [6.45, 7) is 10.3. The maximum atomic E-state index is 7.31. The molecule has 0 radical (unpaired) electrons. The highest BCUT2D eigenvalue weighted by Crippen LogP contribution is 2.35. The Balaban J connectivity index is 2.74. The molecule has 0 aromatic rings. The van der Waals surface area contributed by atoms with E-state index in [9.17, 15) is 0 Å². The molecule has 0 aliphatic carbocycles. The molecular formula is C10H16N2S. The van der Waals surface area contributed by atoms with Crippen LogP contribution in [0.15, 0.2) is 23.9 Å². The maximum Gasteiger partial charge on any atom is 0.0950 e. The molecule has 1 aliphatic heterocycles. The standard InChI is InChI=1S/C10H16N2S/c1-8(12-7-13-12)5-9(6-11)10(2,3)4/h5-6,11H,1,7H2,2-4H3/b9-5+,11-6?. The van der Waals surface area contributed by atoms with Gasteiger partial charge >= 0.3 is 0 Å². The molecule has 1 aliphatic rings. The Morgan fingerprint density at radius 3 is 2.38 bits per heavy atom. The first-order valence-electron chi connectivity index (χ1n) is 4.27. The first-order chi connectivity index (χ1) is 5.95. The van der Waals surface area contributed by atoms with Crippen LogP contribution in [0.5, 0.6) is 0 Å². The lowest BCUT2D eigenvalue weighted by Gasteiger charge is -2.19. The van der Waals surface area contributed by atoms with Crippen LogP contribution in [0.1, 0.15) is 20.8 Å². The van der Waals surface area contributed by atoms with Gasteiger partial charge in [0.05, 0.1) is 5.88 Å². The van der Waals surface area contributed by atoms with E-state index in [1.165, 1.54) is 6.21 Å². The van der Waals surface area contributed by atoms with Gasteiger partial charge in [-0.2, -0.15) is 0 Å². The van der Waals surface area contributed by atoms with Gasteiger partial charge in [-0.3, -0.25) is 0 Å². The van der Waals surface area contributed by atoms with E-state index >= 15 is 0 Å². The molecule has 0 aromatic heterocycles. The lowest BCUT2D eigenvalue weighted by atomic mass is 9.86. The fourth-order valence-corrected chi connectivity index (χ4v) is 1.36. The van der Waals surface area contributed by atoms with Crippen LogP contribution < -0.4 is 0 Å². The summed E-state index contributed by atoms with van der Waals surface area (Å²) in [6.07, 6.45) is 3.41. The van der Waals surface area contributed by atoms with E-state index in [-0.39, 0.29) is 5.41 Å². The van der Waals surface area contributed by atoms with Crippen molar-refractivity contribution in [3.05, 3.63) is 23.9 Å². The van der Waals surface area contributed by atoms with E-state index in [0.29, 0.717) is 0 Å². The minimum Gasteiger partial charge on any atom is -0.308 e. The van der Waals surface area contributed by atoms with Crippen LogP contribution in [-0.2, 0) is 0 Å². The predicted octanol–water partition coefficient (Wildman–Crippen LogP) is 3.04. The normalized spacial score (nSPS) is 17.2. The molecule has 0 spiro atoms. The topological polar surface area (TPSA) is 26.9 Å². The molecule has 1 N–H and O–H groups in total. The van der Waals surface area contributed by atoms with E-state index in [1.807, 2.05) is 6.08 Å². The maximum absolute atomic E-state index is 7.31. The minimum absolute atomic E-state index is 0.0331. The third-order valence-electron chi connectivity index (χ3n) is 1.92.